The Morgan fingerprint density at radius 3 is 2.42 bits per heavy atom. The molecule has 1 atom stereocenters. The molecule has 0 spiro atoms. The van der Waals surface area contributed by atoms with Crippen LogP contribution in [0.2, 0.25) is 0 Å². The van der Waals surface area contributed by atoms with Gasteiger partial charge in [-0.25, -0.2) is 9.78 Å². The Morgan fingerprint density at radius 1 is 0.958 bits per heavy atom. The number of esters is 1. The molecule has 0 amide bonds. The molecule has 0 aliphatic carbocycles. The molecule has 0 N–H and O–H groups in total. The molecule has 3 rings (SSSR count). The Hall–Kier alpha value is -3.01. The zero-order valence-electron chi connectivity index (χ0n) is 13.5. The first-order valence-electron chi connectivity index (χ1n) is 7.72. The maximum Gasteiger partial charge on any atom is 0.357 e. The highest BCUT2D eigenvalue weighted by Gasteiger charge is 2.21. The van der Waals surface area contributed by atoms with Gasteiger partial charge < -0.3 is 4.74 Å². The molecule has 0 bridgehead atoms. The molecule has 0 fully saturated rings. The lowest BCUT2D eigenvalue weighted by Gasteiger charge is -2.12. The van der Waals surface area contributed by atoms with Gasteiger partial charge in [0.25, 0.3) is 0 Å². The summed E-state index contributed by atoms with van der Waals surface area (Å²) in [6, 6.07) is 18.1. The van der Waals surface area contributed by atoms with Crippen LogP contribution in [0.1, 0.15) is 33.3 Å². The van der Waals surface area contributed by atoms with Crippen LogP contribution in [0.15, 0.2) is 60.7 Å². The fourth-order valence-corrected chi connectivity index (χ4v) is 2.41. The number of benzene rings is 2. The molecule has 1 heterocycles. The van der Waals surface area contributed by atoms with Gasteiger partial charge in [0.05, 0.1) is 5.52 Å². The van der Waals surface area contributed by atoms with Gasteiger partial charge in [0.15, 0.2) is 6.10 Å². The largest absolute Gasteiger partial charge is 0.450 e. The topological polar surface area (TPSA) is 56.3 Å². The van der Waals surface area contributed by atoms with E-state index in [1.807, 2.05) is 49.4 Å². The van der Waals surface area contributed by atoms with E-state index in [1.165, 1.54) is 0 Å². The maximum absolute atomic E-state index is 12.3. The number of fused-ring (bicyclic) bond motifs is 1. The lowest BCUT2D eigenvalue weighted by Crippen LogP contribution is -2.24. The summed E-state index contributed by atoms with van der Waals surface area (Å²) >= 11 is 0. The molecular weight excluding hydrogens is 302 g/mol. The van der Waals surface area contributed by atoms with Crippen LogP contribution < -0.4 is 0 Å². The van der Waals surface area contributed by atoms with Crippen LogP contribution in [0.4, 0.5) is 0 Å². The number of para-hydroxylation sites is 1. The molecule has 0 radical (unpaired) electrons. The highest BCUT2D eigenvalue weighted by Crippen LogP contribution is 2.14. The first-order chi connectivity index (χ1) is 11.5. The second-order valence-corrected chi connectivity index (χ2v) is 5.67. The van der Waals surface area contributed by atoms with Crippen LogP contribution in [-0.2, 0) is 4.74 Å². The predicted octanol–water partition coefficient (Wildman–Crippen LogP) is 3.97. The van der Waals surface area contributed by atoms with Crippen molar-refractivity contribution in [2.24, 2.45) is 0 Å². The van der Waals surface area contributed by atoms with Crippen molar-refractivity contribution in [3.8, 4) is 0 Å². The summed E-state index contributed by atoms with van der Waals surface area (Å²) in [6.07, 6.45) is -0.867. The highest BCUT2D eigenvalue weighted by molar-refractivity contribution is 6.01. The quantitative estimate of drug-likeness (QED) is 0.539. The molecule has 0 saturated heterocycles. The van der Waals surface area contributed by atoms with Crippen molar-refractivity contribution < 1.29 is 14.3 Å². The standard InChI is InChI=1S/C20H17NO3/c1-13-7-9-16(10-8-13)19(22)14(2)24-20(23)18-12-11-15-5-3-4-6-17(15)21-18/h3-12,14H,1-2H3/t14-/m0/s1. The molecule has 4 nitrogen and oxygen atoms in total. The number of rotatable bonds is 4. The number of Topliss-reactive ketones (excluding diaryl/α,β-unsaturated/α-hetero) is 1. The van der Waals surface area contributed by atoms with Gasteiger partial charge in [-0.3, -0.25) is 4.79 Å². The van der Waals surface area contributed by atoms with Gasteiger partial charge in [-0.1, -0.05) is 54.1 Å². The van der Waals surface area contributed by atoms with Gasteiger partial charge in [-0.15, -0.1) is 0 Å². The Kier molecular flexibility index (Phi) is 4.38. The maximum atomic E-state index is 12.3. The van der Waals surface area contributed by atoms with Gasteiger partial charge in [0.1, 0.15) is 5.69 Å². The first-order valence-corrected chi connectivity index (χ1v) is 7.72. The molecule has 3 aromatic rings. The van der Waals surface area contributed by atoms with E-state index in [1.54, 1.807) is 25.1 Å². The number of carbonyl (C=O) groups excluding carboxylic acids is 2. The fourth-order valence-electron chi connectivity index (χ4n) is 2.41. The van der Waals surface area contributed by atoms with Gasteiger partial charge in [-0.2, -0.15) is 0 Å². The van der Waals surface area contributed by atoms with Crippen molar-refractivity contribution in [2.75, 3.05) is 0 Å². The van der Waals surface area contributed by atoms with Crippen LogP contribution in [-0.4, -0.2) is 22.8 Å². The smallest absolute Gasteiger partial charge is 0.357 e. The first kappa shape index (κ1) is 15.9. The van der Waals surface area contributed by atoms with Crippen molar-refractivity contribution in [3.05, 3.63) is 77.5 Å². The number of pyridine rings is 1. The van der Waals surface area contributed by atoms with E-state index in [0.29, 0.717) is 11.1 Å². The number of hydrogen-bond acceptors (Lipinski definition) is 4. The van der Waals surface area contributed by atoms with E-state index in [-0.39, 0.29) is 11.5 Å². The van der Waals surface area contributed by atoms with Crippen LogP contribution >= 0.6 is 0 Å². The molecule has 0 aliphatic heterocycles. The third kappa shape index (κ3) is 3.33. The van der Waals surface area contributed by atoms with Crippen molar-refractivity contribution in [1.29, 1.82) is 0 Å². The van der Waals surface area contributed by atoms with Crippen molar-refractivity contribution in [1.82, 2.24) is 4.98 Å². The monoisotopic (exact) mass is 319 g/mol. The molecule has 24 heavy (non-hydrogen) atoms. The summed E-state index contributed by atoms with van der Waals surface area (Å²) in [4.78, 5) is 28.9. The van der Waals surface area contributed by atoms with E-state index in [4.69, 9.17) is 4.74 Å². The lowest BCUT2D eigenvalue weighted by molar-refractivity contribution is 0.0313. The molecule has 4 heteroatoms. The number of ether oxygens (including phenoxy) is 1. The minimum atomic E-state index is -0.867. The number of aromatic nitrogens is 1. The van der Waals surface area contributed by atoms with E-state index in [9.17, 15) is 9.59 Å². The van der Waals surface area contributed by atoms with E-state index in [2.05, 4.69) is 4.98 Å². The Labute approximate surface area is 140 Å². The summed E-state index contributed by atoms with van der Waals surface area (Å²) < 4.78 is 5.28. The van der Waals surface area contributed by atoms with Crippen molar-refractivity contribution >= 4 is 22.7 Å². The number of nitrogens with zero attached hydrogens (tertiary/aromatic N) is 1. The summed E-state index contributed by atoms with van der Waals surface area (Å²) in [5, 5.41) is 0.942. The molecule has 0 unspecified atom stereocenters. The van der Waals surface area contributed by atoms with Gasteiger partial charge in [0.2, 0.25) is 5.78 Å². The van der Waals surface area contributed by atoms with E-state index in [0.717, 1.165) is 10.9 Å². The van der Waals surface area contributed by atoms with E-state index >= 15 is 0 Å². The van der Waals surface area contributed by atoms with Crippen molar-refractivity contribution in [3.63, 3.8) is 0 Å². The second-order valence-electron chi connectivity index (χ2n) is 5.67. The number of hydrogen-bond donors (Lipinski definition) is 0. The normalized spacial score (nSPS) is 11.9. The van der Waals surface area contributed by atoms with Gasteiger partial charge in [-0.05, 0) is 26.0 Å². The van der Waals surface area contributed by atoms with E-state index < -0.39 is 12.1 Å². The predicted molar refractivity (Wildman–Crippen MR) is 92.1 cm³/mol. The molecule has 0 aliphatic rings. The highest BCUT2D eigenvalue weighted by atomic mass is 16.5. The molecule has 2 aromatic carbocycles. The zero-order chi connectivity index (χ0) is 17.1. The van der Waals surface area contributed by atoms with Gasteiger partial charge in [0, 0.05) is 10.9 Å². The number of aryl methyl sites for hydroxylation is 1. The Balaban J connectivity index is 1.75. The second kappa shape index (κ2) is 6.62. The summed E-state index contributed by atoms with van der Waals surface area (Å²) in [7, 11) is 0. The third-order valence-electron chi connectivity index (χ3n) is 3.80. The molecule has 120 valence electrons. The number of ketones is 1. The van der Waals surface area contributed by atoms with Crippen LogP contribution in [0.5, 0.6) is 0 Å². The van der Waals surface area contributed by atoms with Crippen LogP contribution in [0.25, 0.3) is 10.9 Å². The molecule has 1 aromatic heterocycles. The lowest BCUT2D eigenvalue weighted by atomic mass is 10.1. The van der Waals surface area contributed by atoms with Crippen molar-refractivity contribution in [2.45, 2.75) is 20.0 Å². The Bertz CT molecular complexity index is 900. The fraction of sp³-hybridized carbons (Fsp3) is 0.150. The summed E-state index contributed by atoms with van der Waals surface area (Å²) in [5.74, 6) is -0.835. The summed E-state index contributed by atoms with van der Waals surface area (Å²) in [5.41, 5.74) is 2.49. The number of carbonyl (C=O) groups is 2. The van der Waals surface area contributed by atoms with Crippen LogP contribution in [0, 0.1) is 6.92 Å². The minimum Gasteiger partial charge on any atom is -0.450 e. The van der Waals surface area contributed by atoms with Crippen LogP contribution in [0.3, 0.4) is 0 Å². The summed E-state index contributed by atoms with van der Waals surface area (Å²) in [6.45, 7) is 3.52. The average Bonchev–Trinajstić information content (AvgIpc) is 2.61. The molecular formula is C20H17NO3. The minimum absolute atomic E-state index is 0.192. The average molecular weight is 319 g/mol. The molecule has 0 saturated carbocycles. The third-order valence-corrected chi connectivity index (χ3v) is 3.80. The Morgan fingerprint density at radius 2 is 1.67 bits per heavy atom. The SMILES string of the molecule is Cc1ccc(C(=O)[C@H](C)OC(=O)c2ccc3ccccc3n2)cc1. The zero-order valence-corrected chi connectivity index (χ0v) is 13.5. The van der Waals surface area contributed by atoms with Gasteiger partial charge >= 0.3 is 5.97 Å².